The molecule has 0 saturated heterocycles. The molecule has 0 radical (unpaired) electrons. The molecule has 108 heavy (non-hydrogen) atoms. The number of hydrogen-bond acceptors (Lipinski definition) is 33. The Balaban J connectivity index is -0.0000220. The second-order valence-corrected chi connectivity index (χ2v) is 26.9. The van der Waals surface area contributed by atoms with Gasteiger partial charge in [0, 0.05) is 37.2 Å². The molecule has 15 N–H and O–H groups in total. The molecule has 0 aliphatic rings. The van der Waals surface area contributed by atoms with Gasteiger partial charge in [0.2, 0.25) is 35.4 Å². The summed E-state index contributed by atoms with van der Waals surface area (Å²) in [6.07, 6.45) is -9.30. The molecule has 572 valence electrons. The van der Waals surface area contributed by atoms with Gasteiger partial charge in [0.05, 0.1) is 12.6 Å². The number of nitrogens with one attached hydrogen (secondary N) is 7. The molecule has 0 aliphatic heterocycles. The number of amides is 6. The molecular formula is C53H65N10Na5O35S5. The van der Waals surface area contributed by atoms with E-state index >= 15 is 0 Å². The molecule has 0 bridgehead atoms. The van der Waals surface area contributed by atoms with Crippen LogP contribution in [0.2, 0.25) is 0 Å². The smallest absolute Gasteiger partial charge is 0.862 e. The van der Waals surface area contributed by atoms with Gasteiger partial charge in [-0.05, 0) is 109 Å². The van der Waals surface area contributed by atoms with Crippen LogP contribution in [0.5, 0.6) is 17.2 Å². The van der Waals surface area contributed by atoms with Crippen molar-refractivity contribution in [2.45, 2.75) is 133 Å². The predicted octanol–water partition coefficient (Wildman–Crippen LogP) is -24.7. The quantitative estimate of drug-likeness (QED) is 0.0108. The Morgan fingerprint density at radius 2 is 0.861 bits per heavy atom. The summed E-state index contributed by atoms with van der Waals surface area (Å²) in [4.78, 5) is 127. The van der Waals surface area contributed by atoms with Gasteiger partial charge in [-0.1, -0.05) is 56.7 Å². The molecule has 3 rings (SSSR count). The molecule has 0 fully saturated rings. The molecule has 0 heterocycles. The number of rotatable bonds is 44. The van der Waals surface area contributed by atoms with E-state index in [1.165, 1.54) is 26.0 Å². The van der Waals surface area contributed by atoms with Crippen LogP contribution in [-0.4, -0.2) is 208 Å². The van der Waals surface area contributed by atoms with E-state index in [9.17, 15) is 134 Å². The third-order valence-electron chi connectivity index (χ3n) is 13.6. The molecule has 0 spiro atoms. The predicted molar refractivity (Wildman–Crippen MR) is 332 cm³/mol. The number of nitrogens with two attached hydrogens (primary N) is 1. The van der Waals surface area contributed by atoms with Crippen LogP contribution >= 0.6 is 0 Å². The van der Waals surface area contributed by atoms with Crippen molar-refractivity contribution in [1.29, 1.82) is 5.41 Å². The second kappa shape index (κ2) is 48.9. The van der Waals surface area contributed by atoms with E-state index in [0.717, 1.165) is 60.7 Å². The molecular weight excluding hydrogens is 1610 g/mol. The number of carboxylic acid groups (broad SMARTS) is 3. The molecule has 11 atom stereocenters. The first kappa shape index (κ1) is 107. The van der Waals surface area contributed by atoms with E-state index < -0.39 is 246 Å². The average Bonchev–Trinajstić information content (AvgIpc) is 0.834. The summed E-state index contributed by atoms with van der Waals surface area (Å²) in [6, 6.07) is -8.26. The maximum absolute atomic E-state index is 14.8. The molecule has 6 amide bonds. The first-order chi connectivity index (χ1) is 47.4. The van der Waals surface area contributed by atoms with Crippen molar-refractivity contribution < 1.29 is 307 Å². The van der Waals surface area contributed by atoms with Crippen LogP contribution in [-0.2, 0) is 123 Å². The van der Waals surface area contributed by atoms with Crippen LogP contribution in [0.1, 0.15) is 69.6 Å². The van der Waals surface area contributed by atoms with Crippen LogP contribution in [0.4, 0.5) is 0 Å². The number of benzene rings is 3. The van der Waals surface area contributed by atoms with Gasteiger partial charge >= 0.3 is 206 Å². The summed E-state index contributed by atoms with van der Waals surface area (Å²) < 4.78 is 184. The summed E-state index contributed by atoms with van der Waals surface area (Å²) in [6.45, 7) is 1.72. The van der Waals surface area contributed by atoms with Gasteiger partial charge in [0.1, 0.15) is 65.6 Å². The molecule has 0 aliphatic carbocycles. The molecule has 3 aromatic carbocycles. The Kier molecular flexibility index (Phi) is 48.6. The Bertz CT molecular complexity index is 4260. The summed E-state index contributed by atoms with van der Waals surface area (Å²) >= 11 is 0. The zero-order valence-corrected chi connectivity index (χ0v) is 72.3. The molecule has 3 aromatic rings. The molecule has 0 unspecified atom stereocenters. The van der Waals surface area contributed by atoms with Crippen LogP contribution in [0.3, 0.4) is 0 Å². The largest absolute Gasteiger partial charge is 1.00 e. The Hall–Kier alpha value is -4.87. The fourth-order valence-electron chi connectivity index (χ4n) is 8.62. The number of aliphatic imine (C=N–C) groups is 2. The monoisotopic (exact) mass is 1680 g/mol. The summed E-state index contributed by atoms with van der Waals surface area (Å²) in [5.41, 5.74) is 5.87. The Morgan fingerprint density at radius 3 is 1.27 bits per heavy atom. The maximum atomic E-state index is 14.8. The summed E-state index contributed by atoms with van der Waals surface area (Å²) in [7, 11) is -26.6. The SMILES string of the molecule is CC[C@H](C)[C@H](NC(=O)[C@H](CC(=O)[O-])N=C([O-])[C@@H](N)Cc1ccc(OS(=O)(=O)O)cc1)C(=O)N[C@@H](CC(=N)[O-])C(=O)N[C@@H](Cc1ccc(OS(=O)(=O)O)cc1)C([O-])=N[C@@H](Cc1ccc(OS(=O)(=O)O)cc1)C(=O)N[C@H](C(=O)N[C@@H](COS(=O)(=O)O)C(=O)N[C@@H](CCC(=O)[O-])C(=O)O)[C@@H](C)OS(=O)(=O)O.[Na+].[Na+].[Na+].[Na+].[Na+]. The van der Waals surface area contributed by atoms with Crippen molar-refractivity contribution in [2.75, 3.05) is 6.61 Å². The normalized spacial score (nSPS) is 14.9. The Labute approximate surface area is 726 Å². The van der Waals surface area contributed by atoms with Gasteiger partial charge in [-0.2, -0.15) is 42.1 Å². The van der Waals surface area contributed by atoms with Crippen molar-refractivity contribution in [3.63, 3.8) is 0 Å². The van der Waals surface area contributed by atoms with Crippen LogP contribution in [0.25, 0.3) is 0 Å². The number of carboxylic acids is 3. The third kappa shape index (κ3) is 42.7. The zero-order valence-electron chi connectivity index (χ0n) is 58.2. The maximum Gasteiger partial charge on any atom is 1.00 e. The van der Waals surface area contributed by atoms with Gasteiger partial charge < -0.3 is 95.8 Å². The summed E-state index contributed by atoms with van der Waals surface area (Å²) in [5, 5.41) is 92.7. The number of carbonyl (C=O) groups excluding carboxylic acids is 8. The van der Waals surface area contributed by atoms with Gasteiger partial charge in [-0.3, -0.25) is 61.5 Å². The van der Waals surface area contributed by atoms with Crippen molar-refractivity contribution in [2.24, 2.45) is 21.6 Å². The average molecular weight is 1680 g/mol. The molecule has 45 nitrogen and oxygen atoms in total. The van der Waals surface area contributed by atoms with Gasteiger partial charge in [-0.25, -0.2) is 13.2 Å². The van der Waals surface area contributed by atoms with Crippen molar-refractivity contribution in [3.05, 3.63) is 89.5 Å². The van der Waals surface area contributed by atoms with E-state index in [1.807, 2.05) is 5.32 Å². The zero-order chi connectivity index (χ0) is 78.3. The van der Waals surface area contributed by atoms with Gasteiger partial charge in [0.25, 0.3) is 0 Å². The van der Waals surface area contributed by atoms with E-state index in [-0.39, 0.29) is 183 Å². The first-order valence-corrected chi connectivity index (χ1v) is 35.7. The third-order valence-corrected chi connectivity index (χ3v) is 15.8. The fraction of sp³-hybridized carbons (Fsp3) is 0.434. The number of hydrogen-bond donors (Lipinski definition) is 14. The van der Waals surface area contributed by atoms with Crippen LogP contribution < -0.4 is 224 Å². The van der Waals surface area contributed by atoms with E-state index in [2.05, 4.69) is 46.9 Å². The van der Waals surface area contributed by atoms with E-state index in [0.29, 0.717) is 6.92 Å². The minimum Gasteiger partial charge on any atom is -0.862 e. The van der Waals surface area contributed by atoms with Crippen molar-refractivity contribution in [3.8, 4) is 17.2 Å². The number of nitrogens with zero attached hydrogens (tertiary/aromatic N) is 2. The molecule has 0 saturated carbocycles. The van der Waals surface area contributed by atoms with Crippen molar-refractivity contribution >= 4 is 123 Å². The van der Waals surface area contributed by atoms with E-state index in [4.69, 9.17) is 15.7 Å². The summed E-state index contributed by atoms with van der Waals surface area (Å²) in [5.74, 6) is -22.8. The van der Waals surface area contributed by atoms with Crippen LogP contribution in [0, 0.1) is 11.3 Å². The number of aliphatic carboxylic acids is 3. The minimum atomic E-state index is -5.73. The van der Waals surface area contributed by atoms with E-state index in [1.54, 1.807) is 10.6 Å². The topological polar surface area (TPSA) is 754 Å². The molecule has 55 heteroatoms. The molecule has 0 aromatic heterocycles. The minimum absolute atomic E-state index is 0. The second-order valence-electron chi connectivity index (χ2n) is 21.6. The standard InChI is InChI=1S/C53H70N10O35S5.5Na/c1-4-25(2)43(62-49(73)38(23-42(67)68)57-45(69)33(54)19-27-5-11-30(12-6-27)96-101(85,86)87)51(75)60-37(22-40(55)64)47(71)58-35(20-28-7-13-31(14-8-28)97-102(88,89)90)46(70)59-36(21-29-9-15-32(16-10-29)98-103(91,92)93)48(72)63-44(26(3)95-100(82,83)84)52(76)61-39(24-94-99(79,80)81)50(74)56-34(53(77)78)17-18-41(65)66;;;;;/h5-16,25-26,33-39,43-44H,4,17-24,54H2,1-3H3,(H2,55,64)(H,56,74)(H,57,69)(H,58,71)(H,59,70)(H,60,75)(H,61,76)(H,62,73)(H,63,72)(H,65,66)(H,67,68)(H,77,78)(H,79,80,81)(H,82,83,84)(H,85,86,87)(H,88,89,90)(H,91,92,93);;;;;/q;5*+1/p-5/t25-,26+,33-,34-,35-,36-,37-,38-,39-,43-,44-;;;;;/m0...../s1. The van der Waals surface area contributed by atoms with Crippen LogP contribution in [0.15, 0.2) is 82.8 Å². The fourth-order valence-corrected chi connectivity index (χ4v) is 10.5. The first-order valence-electron chi connectivity index (χ1n) is 28.9. The Morgan fingerprint density at radius 1 is 0.472 bits per heavy atom. The number of carbonyl (C=O) groups is 9. The van der Waals surface area contributed by atoms with Gasteiger partial charge in [0.15, 0.2) is 0 Å². The van der Waals surface area contributed by atoms with Crippen molar-refractivity contribution in [1.82, 2.24) is 31.9 Å². The van der Waals surface area contributed by atoms with Gasteiger partial charge in [-0.15, -0.1) is 0 Å².